The molecule has 1 amide bonds. The third-order valence-electron chi connectivity index (χ3n) is 5.29. The van der Waals surface area contributed by atoms with E-state index in [2.05, 4.69) is 11.8 Å². The maximum absolute atomic E-state index is 13.3. The van der Waals surface area contributed by atoms with Crippen LogP contribution in [0.3, 0.4) is 0 Å². The number of thiocarbonyl (C=S) groups is 1. The Morgan fingerprint density at radius 3 is 2.76 bits per heavy atom. The first kappa shape index (κ1) is 20.1. The molecule has 2 aliphatic heterocycles. The second-order valence-corrected chi connectivity index (χ2v) is 8.99. The van der Waals surface area contributed by atoms with Crippen LogP contribution in [0.1, 0.15) is 44.6 Å². The Labute approximate surface area is 179 Å². The van der Waals surface area contributed by atoms with Gasteiger partial charge >= 0.3 is 0 Å². The maximum Gasteiger partial charge on any atom is 0.267 e. The number of carbonyl (C=O) groups is 1. The molecule has 0 atom stereocenters. The molecule has 2 aliphatic rings. The Bertz CT molecular complexity index is 1040. The van der Waals surface area contributed by atoms with Gasteiger partial charge < -0.3 is 4.90 Å². The molecule has 0 radical (unpaired) electrons. The van der Waals surface area contributed by atoms with E-state index >= 15 is 0 Å². The normalized spacial score (nSPS) is 19.0. The lowest BCUT2D eigenvalue weighted by Gasteiger charge is -2.29. The number of hydrogen-bond acceptors (Lipinski definition) is 6. The van der Waals surface area contributed by atoms with E-state index in [1.807, 2.05) is 18.2 Å². The molecule has 0 N–H and O–H groups in total. The van der Waals surface area contributed by atoms with Crippen LogP contribution in [0.25, 0.3) is 11.7 Å². The van der Waals surface area contributed by atoms with Gasteiger partial charge in [0, 0.05) is 25.8 Å². The SMILES string of the molecule is CCCCN1C(=O)C(=Cc2c(N3CCCCC3)nc3ccccn3c2=O)SC1=S. The minimum Gasteiger partial charge on any atom is -0.356 e. The van der Waals surface area contributed by atoms with Crippen LogP contribution in [0.4, 0.5) is 5.82 Å². The summed E-state index contributed by atoms with van der Waals surface area (Å²) in [7, 11) is 0. The van der Waals surface area contributed by atoms with Crippen LogP contribution in [0.2, 0.25) is 0 Å². The molecule has 2 saturated heterocycles. The number of fused-ring (bicyclic) bond motifs is 1. The lowest BCUT2D eigenvalue weighted by molar-refractivity contribution is -0.122. The molecule has 29 heavy (non-hydrogen) atoms. The van der Waals surface area contributed by atoms with Gasteiger partial charge in [0.1, 0.15) is 15.8 Å². The Kier molecular flexibility index (Phi) is 6.01. The smallest absolute Gasteiger partial charge is 0.267 e. The molecular formula is C21H24N4O2S2. The molecule has 8 heteroatoms. The molecule has 0 aliphatic carbocycles. The molecule has 2 aromatic heterocycles. The molecule has 2 fully saturated rings. The molecular weight excluding hydrogens is 404 g/mol. The Hall–Kier alpha value is -2.19. The molecule has 0 spiro atoms. The quantitative estimate of drug-likeness (QED) is 0.535. The molecule has 4 rings (SSSR count). The van der Waals surface area contributed by atoms with Crippen molar-refractivity contribution in [3.8, 4) is 0 Å². The van der Waals surface area contributed by atoms with Crippen molar-refractivity contribution in [2.45, 2.75) is 39.0 Å². The summed E-state index contributed by atoms with van der Waals surface area (Å²) in [6.45, 7) is 4.44. The lowest BCUT2D eigenvalue weighted by atomic mass is 10.1. The minimum atomic E-state index is -0.157. The molecule has 4 heterocycles. The van der Waals surface area contributed by atoms with Crippen LogP contribution >= 0.6 is 24.0 Å². The fourth-order valence-corrected chi connectivity index (χ4v) is 4.99. The number of rotatable bonds is 5. The second-order valence-electron chi connectivity index (χ2n) is 7.32. The van der Waals surface area contributed by atoms with E-state index in [0.717, 1.165) is 38.8 Å². The Morgan fingerprint density at radius 1 is 1.21 bits per heavy atom. The second kappa shape index (κ2) is 8.67. The number of piperidine rings is 1. The summed E-state index contributed by atoms with van der Waals surface area (Å²) in [4.78, 5) is 35.3. The molecule has 0 saturated carbocycles. The largest absolute Gasteiger partial charge is 0.356 e. The van der Waals surface area contributed by atoms with Gasteiger partial charge in [-0.3, -0.25) is 18.9 Å². The van der Waals surface area contributed by atoms with Crippen LogP contribution in [0.15, 0.2) is 34.1 Å². The van der Waals surface area contributed by atoms with E-state index in [0.29, 0.717) is 32.8 Å². The van der Waals surface area contributed by atoms with Crippen molar-refractivity contribution in [1.29, 1.82) is 0 Å². The summed E-state index contributed by atoms with van der Waals surface area (Å²) in [5.41, 5.74) is 0.923. The number of amides is 1. The van der Waals surface area contributed by atoms with Crippen molar-refractivity contribution < 1.29 is 4.79 Å². The predicted molar refractivity (Wildman–Crippen MR) is 122 cm³/mol. The zero-order chi connectivity index (χ0) is 20.4. The Morgan fingerprint density at radius 2 is 2.00 bits per heavy atom. The van der Waals surface area contributed by atoms with Gasteiger partial charge in [0.25, 0.3) is 11.5 Å². The molecule has 2 aromatic rings. The zero-order valence-electron chi connectivity index (χ0n) is 16.5. The summed E-state index contributed by atoms with van der Waals surface area (Å²) in [5.74, 6) is 0.551. The molecule has 0 unspecified atom stereocenters. The third-order valence-corrected chi connectivity index (χ3v) is 6.67. The van der Waals surface area contributed by atoms with Crippen LogP contribution in [0.5, 0.6) is 0 Å². The molecule has 6 nitrogen and oxygen atoms in total. The first-order valence-corrected chi connectivity index (χ1v) is 11.3. The maximum atomic E-state index is 13.3. The average molecular weight is 429 g/mol. The first-order valence-electron chi connectivity index (χ1n) is 10.1. The third kappa shape index (κ3) is 3.96. The number of unbranched alkanes of at least 4 members (excludes halogenated alkanes) is 1. The minimum absolute atomic E-state index is 0.115. The number of hydrogen-bond donors (Lipinski definition) is 0. The summed E-state index contributed by atoms with van der Waals surface area (Å²) in [6, 6.07) is 5.52. The molecule has 0 aromatic carbocycles. The number of aromatic nitrogens is 2. The number of anilines is 1. The van der Waals surface area contributed by atoms with E-state index in [1.54, 1.807) is 17.2 Å². The summed E-state index contributed by atoms with van der Waals surface area (Å²) in [5, 5.41) is 0. The van der Waals surface area contributed by atoms with E-state index in [9.17, 15) is 9.59 Å². The highest BCUT2D eigenvalue weighted by molar-refractivity contribution is 8.26. The van der Waals surface area contributed by atoms with Crippen LogP contribution in [-0.2, 0) is 4.79 Å². The first-order chi connectivity index (χ1) is 14.1. The van der Waals surface area contributed by atoms with E-state index < -0.39 is 0 Å². The number of thioether (sulfide) groups is 1. The number of carbonyl (C=O) groups excluding carboxylic acids is 1. The highest BCUT2D eigenvalue weighted by Crippen LogP contribution is 2.34. The van der Waals surface area contributed by atoms with Crippen molar-refractivity contribution in [2.75, 3.05) is 24.5 Å². The highest BCUT2D eigenvalue weighted by Gasteiger charge is 2.32. The monoisotopic (exact) mass is 428 g/mol. The van der Waals surface area contributed by atoms with Gasteiger partial charge in [0.05, 0.1) is 10.5 Å². The number of pyridine rings is 1. The van der Waals surface area contributed by atoms with Gasteiger partial charge in [-0.25, -0.2) is 4.98 Å². The van der Waals surface area contributed by atoms with Gasteiger partial charge in [-0.15, -0.1) is 0 Å². The summed E-state index contributed by atoms with van der Waals surface area (Å²) in [6.07, 6.45) is 8.65. The van der Waals surface area contributed by atoms with Crippen molar-refractivity contribution >= 4 is 51.7 Å². The standard InChI is InChI=1S/C21H24N4O2S2/c1-2-3-12-25-20(27)16(29-21(25)28)14-15-18(23-10-6-4-7-11-23)22-17-9-5-8-13-24(17)19(15)26/h5,8-9,13-14H,2-4,6-7,10-12H2,1H3. The van der Waals surface area contributed by atoms with Crippen LogP contribution in [-0.4, -0.2) is 44.1 Å². The van der Waals surface area contributed by atoms with Gasteiger partial charge in [-0.05, 0) is 43.9 Å². The van der Waals surface area contributed by atoms with E-state index in [4.69, 9.17) is 17.2 Å². The van der Waals surface area contributed by atoms with Crippen molar-refractivity contribution in [2.24, 2.45) is 0 Å². The van der Waals surface area contributed by atoms with Gasteiger partial charge in [-0.1, -0.05) is 43.4 Å². The van der Waals surface area contributed by atoms with Crippen molar-refractivity contribution in [1.82, 2.24) is 14.3 Å². The summed E-state index contributed by atoms with van der Waals surface area (Å²) < 4.78 is 2.10. The average Bonchev–Trinajstić information content (AvgIpc) is 3.01. The number of nitrogens with zero attached hydrogens (tertiary/aromatic N) is 4. The van der Waals surface area contributed by atoms with Crippen molar-refractivity contribution in [3.63, 3.8) is 0 Å². The van der Waals surface area contributed by atoms with Crippen molar-refractivity contribution in [3.05, 3.63) is 45.2 Å². The summed E-state index contributed by atoms with van der Waals surface area (Å²) >= 11 is 6.68. The Balaban J connectivity index is 1.81. The lowest BCUT2D eigenvalue weighted by Crippen LogP contribution is -2.33. The van der Waals surface area contributed by atoms with E-state index in [1.165, 1.54) is 22.6 Å². The van der Waals surface area contributed by atoms with Crippen LogP contribution < -0.4 is 10.5 Å². The topological polar surface area (TPSA) is 57.9 Å². The fourth-order valence-electron chi connectivity index (χ4n) is 3.70. The fraction of sp³-hybridized carbons (Fsp3) is 0.429. The molecule has 152 valence electrons. The highest BCUT2D eigenvalue weighted by atomic mass is 32.2. The van der Waals surface area contributed by atoms with E-state index in [-0.39, 0.29) is 11.5 Å². The predicted octanol–water partition coefficient (Wildman–Crippen LogP) is 3.69. The van der Waals surface area contributed by atoms with Gasteiger partial charge in [0.2, 0.25) is 0 Å². The zero-order valence-corrected chi connectivity index (χ0v) is 18.1. The van der Waals surface area contributed by atoms with Gasteiger partial charge in [0.15, 0.2) is 0 Å². The van der Waals surface area contributed by atoms with Gasteiger partial charge in [-0.2, -0.15) is 0 Å². The molecule has 0 bridgehead atoms. The van der Waals surface area contributed by atoms with Crippen LogP contribution in [0, 0.1) is 0 Å².